The van der Waals surface area contributed by atoms with Crippen LogP contribution in [-0.4, -0.2) is 48.2 Å². The fourth-order valence-corrected chi connectivity index (χ4v) is 2.95. The third-order valence-corrected chi connectivity index (χ3v) is 4.44. The SMILES string of the molecule is CC(O)C1CCN(CC(=O)NCCc2c(F)cccc2F)CC1. The van der Waals surface area contributed by atoms with Crippen LogP contribution in [-0.2, 0) is 11.2 Å². The Labute approximate surface area is 135 Å². The summed E-state index contributed by atoms with van der Waals surface area (Å²) in [5.74, 6) is -1.01. The molecule has 23 heavy (non-hydrogen) atoms. The third kappa shape index (κ3) is 5.25. The predicted molar refractivity (Wildman–Crippen MR) is 83.9 cm³/mol. The summed E-state index contributed by atoms with van der Waals surface area (Å²) in [6, 6.07) is 3.75. The first-order chi connectivity index (χ1) is 11.0. The Hall–Kier alpha value is -1.53. The fraction of sp³-hybridized carbons (Fsp3) is 0.588. The normalized spacial score (nSPS) is 17.9. The first-order valence-electron chi connectivity index (χ1n) is 8.07. The molecule has 1 aliphatic rings. The van der Waals surface area contributed by atoms with Gasteiger partial charge in [0.2, 0.25) is 5.91 Å². The Kier molecular flexibility index (Phi) is 6.47. The summed E-state index contributed by atoms with van der Waals surface area (Å²) in [5.41, 5.74) is 0.00514. The van der Waals surface area contributed by atoms with E-state index in [0.717, 1.165) is 25.9 Å². The average molecular weight is 326 g/mol. The van der Waals surface area contributed by atoms with Crippen LogP contribution in [0.5, 0.6) is 0 Å². The molecule has 1 atom stereocenters. The van der Waals surface area contributed by atoms with E-state index in [9.17, 15) is 18.7 Å². The standard InChI is InChI=1S/C17H24F2N2O2/c1-12(22)13-6-9-21(10-7-13)11-17(23)20-8-5-14-15(18)3-2-4-16(14)19/h2-4,12-13,22H,5-11H2,1H3,(H,20,23). The molecule has 1 amide bonds. The summed E-state index contributed by atoms with van der Waals surface area (Å²) in [6.45, 7) is 3.86. The lowest BCUT2D eigenvalue weighted by molar-refractivity contribution is -0.122. The average Bonchev–Trinajstić information content (AvgIpc) is 2.51. The maximum absolute atomic E-state index is 13.5. The van der Waals surface area contributed by atoms with Gasteiger partial charge in [-0.15, -0.1) is 0 Å². The number of rotatable bonds is 6. The number of aliphatic hydroxyl groups excluding tert-OH is 1. The maximum atomic E-state index is 13.5. The Morgan fingerprint density at radius 1 is 1.35 bits per heavy atom. The van der Waals surface area contributed by atoms with Crippen LogP contribution in [0.15, 0.2) is 18.2 Å². The van der Waals surface area contributed by atoms with Crippen molar-refractivity contribution in [3.8, 4) is 0 Å². The van der Waals surface area contributed by atoms with E-state index < -0.39 is 11.6 Å². The van der Waals surface area contributed by atoms with Crippen molar-refractivity contribution in [1.82, 2.24) is 10.2 Å². The lowest BCUT2D eigenvalue weighted by Crippen LogP contribution is -2.43. The Morgan fingerprint density at radius 2 is 1.96 bits per heavy atom. The van der Waals surface area contributed by atoms with Gasteiger partial charge in [0, 0.05) is 12.1 Å². The number of hydrogen-bond donors (Lipinski definition) is 2. The van der Waals surface area contributed by atoms with Gasteiger partial charge in [0.15, 0.2) is 0 Å². The highest BCUT2D eigenvalue weighted by Gasteiger charge is 2.23. The van der Waals surface area contributed by atoms with Crippen LogP contribution in [0.2, 0.25) is 0 Å². The second-order valence-corrected chi connectivity index (χ2v) is 6.15. The zero-order chi connectivity index (χ0) is 16.8. The molecule has 128 valence electrons. The fourth-order valence-electron chi connectivity index (χ4n) is 2.95. The van der Waals surface area contributed by atoms with Gasteiger partial charge >= 0.3 is 0 Å². The van der Waals surface area contributed by atoms with Gasteiger partial charge in [0.05, 0.1) is 12.6 Å². The summed E-state index contributed by atoms with van der Waals surface area (Å²) in [6.07, 6.45) is 1.59. The molecule has 1 fully saturated rings. The van der Waals surface area contributed by atoms with Crippen molar-refractivity contribution in [3.05, 3.63) is 35.4 Å². The van der Waals surface area contributed by atoms with E-state index in [1.54, 1.807) is 6.92 Å². The summed E-state index contributed by atoms with van der Waals surface area (Å²) in [4.78, 5) is 13.9. The quantitative estimate of drug-likeness (QED) is 0.837. The number of carbonyl (C=O) groups is 1. The number of piperidine rings is 1. The van der Waals surface area contributed by atoms with E-state index in [-0.39, 0.29) is 37.1 Å². The molecule has 0 saturated carbocycles. The van der Waals surface area contributed by atoms with Crippen LogP contribution in [0.3, 0.4) is 0 Å². The molecule has 1 aromatic carbocycles. The highest BCUT2D eigenvalue weighted by molar-refractivity contribution is 5.78. The van der Waals surface area contributed by atoms with Gasteiger partial charge in [-0.25, -0.2) is 8.78 Å². The molecule has 0 spiro atoms. The van der Waals surface area contributed by atoms with E-state index in [4.69, 9.17) is 0 Å². The number of carbonyl (C=O) groups excluding carboxylic acids is 1. The van der Waals surface area contributed by atoms with E-state index in [1.165, 1.54) is 18.2 Å². The van der Waals surface area contributed by atoms with Crippen molar-refractivity contribution in [2.45, 2.75) is 32.3 Å². The molecule has 1 aliphatic heterocycles. The van der Waals surface area contributed by atoms with Gasteiger partial charge in [-0.2, -0.15) is 0 Å². The molecule has 0 radical (unpaired) electrons. The van der Waals surface area contributed by atoms with Crippen LogP contribution in [0.4, 0.5) is 8.78 Å². The lowest BCUT2D eigenvalue weighted by atomic mass is 9.92. The molecule has 0 aromatic heterocycles. The molecule has 1 saturated heterocycles. The molecule has 1 aromatic rings. The van der Waals surface area contributed by atoms with Crippen molar-refractivity contribution in [3.63, 3.8) is 0 Å². The third-order valence-electron chi connectivity index (χ3n) is 4.44. The van der Waals surface area contributed by atoms with Crippen LogP contribution in [0, 0.1) is 17.6 Å². The molecular formula is C17H24F2N2O2. The summed E-state index contributed by atoms with van der Waals surface area (Å²) in [7, 11) is 0. The number of nitrogens with one attached hydrogen (secondary N) is 1. The van der Waals surface area contributed by atoms with E-state index in [1.807, 2.05) is 4.90 Å². The van der Waals surface area contributed by atoms with Crippen molar-refractivity contribution in [2.75, 3.05) is 26.2 Å². The number of benzene rings is 1. The minimum absolute atomic E-state index is 0.00514. The Morgan fingerprint density at radius 3 is 2.52 bits per heavy atom. The van der Waals surface area contributed by atoms with Crippen molar-refractivity contribution >= 4 is 5.91 Å². The second-order valence-electron chi connectivity index (χ2n) is 6.15. The largest absolute Gasteiger partial charge is 0.393 e. The van der Waals surface area contributed by atoms with Gasteiger partial charge < -0.3 is 10.4 Å². The van der Waals surface area contributed by atoms with Crippen LogP contribution < -0.4 is 5.32 Å². The first-order valence-corrected chi connectivity index (χ1v) is 8.07. The highest BCUT2D eigenvalue weighted by Crippen LogP contribution is 2.20. The second kappa shape index (κ2) is 8.36. The molecule has 6 heteroatoms. The smallest absolute Gasteiger partial charge is 0.234 e. The molecular weight excluding hydrogens is 302 g/mol. The van der Waals surface area contributed by atoms with Crippen LogP contribution in [0.25, 0.3) is 0 Å². The number of halogens is 2. The minimum atomic E-state index is -0.584. The number of nitrogens with zero attached hydrogens (tertiary/aromatic N) is 1. The Balaban J connectivity index is 1.70. The van der Waals surface area contributed by atoms with Crippen LogP contribution in [0.1, 0.15) is 25.3 Å². The predicted octanol–water partition coefficient (Wildman–Crippen LogP) is 1.72. The molecule has 2 rings (SSSR count). The number of aliphatic hydroxyl groups is 1. The molecule has 1 heterocycles. The topological polar surface area (TPSA) is 52.6 Å². The zero-order valence-electron chi connectivity index (χ0n) is 13.4. The van der Waals surface area contributed by atoms with E-state index >= 15 is 0 Å². The number of amides is 1. The minimum Gasteiger partial charge on any atom is -0.393 e. The molecule has 4 nitrogen and oxygen atoms in total. The first kappa shape index (κ1) is 17.8. The maximum Gasteiger partial charge on any atom is 0.234 e. The van der Waals surface area contributed by atoms with Gasteiger partial charge in [0.1, 0.15) is 11.6 Å². The lowest BCUT2D eigenvalue weighted by Gasteiger charge is -2.32. The van der Waals surface area contributed by atoms with Gasteiger partial charge in [-0.3, -0.25) is 9.69 Å². The van der Waals surface area contributed by atoms with Crippen molar-refractivity contribution < 1.29 is 18.7 Å². The monoisotopic (exact) mass is 326 g/mol. The Bertz CT molecular complexity index is 509. The molecule has 0 bridgehead atoms. The zero-order valence-corrected chi connectivity index (χ0v) is 13.4. The molecule has 2 N–H and O–H groups in total. The van der Waals surface area contributed by atoms with Gasteiger partial charge in [-0.05, 0) is 57.3 Å². The number of hydrogen-bond acceptors (Lipinski definition) is 3. The highest BCUT2D eigenvalue weighted by atomic mass is 19.1. The molecule has 1 unspecified atom stereocenters. The van der Waals surface area contributed by atoms with E-state index in [0.29, 0.717) is 5.92 Å². The van der Waals surface area contributed by atoms with Gasteiger partial charge in [0.25, 0.3) is 0 Å². The van der Waals surface area contributed by atoms with Crippen molar-refractivity contribution in [1.29, 1.82) is 0 Å². The van der Waals surface area contributed by atoms with Crippen LogP contribution >= 0.6 is 0 Å². The van der Waals surface area contributed by atoms with Crippen molar-refractivity contribution in [2.24, 2.45) is 5.92 Å². The summed E-state index contributed by atoms with van der Waals surface area (Å²) in [5, 5.41) is 12.3. The van der Waals surface area contributed by atoms with Gasteiger partial charge in [-0.1, -0.05) is 6.07 Å². The van der Waals surface area contributed by atoms with E-state index in [2.05, 4.69) is 5.32 Å². The molecule has 0 aliphatic carbocycles. The number of likely N-dealkylation sites (tertiary alicyclic amines) is 1. The summed E-state index contributed by atoms with van der Waals surface area (Å²) >= 11 is 0. The summed E-state index contributed by atoms with van der Waals surface area (Å²) < 4.78 is 26.9.